The van der Waals surface area contributed by atoms with Crippen molar-refractivity contribution in [3.05, 3.63) is 65.0 Å². The van der Waals surface area contributed by atoms with Gasteiger partial charge in [-0.15, -0.1) is 0 Å². The number of hydrogen-bond donors (Lipinski definition) is 2. The molecule has 2 N–H and O–H groups in total. The maximum absolute atomic E-state index is 4.21. The molecule has 4 nitrogen and oxygen atoms in total. The van der Waals surface area contributed by atoms with Gasteiger partial charge in [-0.25, -0.2) is 0 Å². The molecule has 0 saturated carbocycles. The van der Waals surface area contributed by atoms with E-state index in [-0.39, 0.29) is 0 Å². The average molecular weight is 447 g/mol. The fourth-order valence-corrected chi connectivity index (χ4v) is 5.39. The topological polar surface area (TPSA) is 34.3 Å². The smallest absolute Gasteiger partial charge is 0.0500 e. The van der Waals surface area contributed by atoms with Crippen molar-refractivity contribution in [1.82, 2.24) is 20.1 Å². The van der Waals surface area contributed by atoms with Gasteiger partial charge < -0.3 is 20.1 Å². The summed E-state index contributed by atoms with van der Waals surface area (Å²) >= 11 is 0. The molecule has 2 fully saturated rings. The molecule has 2 saturated heterocycles. The SMILES string of the molecule is C=C(C)/C=C(\C=C(/C)N1CCN(C)CC1)c1[nH]c2ccc(C3CCNCC3)cc2c1C(C)C. The van der Waals surface area contributed by atoms with Gasteiger partial charge in [-0.3, -0.25) is 0 Å². The molecule has 1 aromatic carbocycles. The minimum absolute atomic E-state index is 0.433. The van der Waals surface area contributed by atoms with Gasteiger partial charge in [0, 0.05) is 48.4 Å². The van der Waals surface area contributed by atoms with Crippen molar-refractivity contribution in [2.45, 2.75) is 52.4 Å². The Kier molecular flexibility index (Phi) is 7.45. The number of aromatic nitrogens is 1. The Hall–Kier alpha value is -2.30. The van der Waals surface area contributed by atoms with Crippen LogP contribution in [0.2, 0.25) is 0 Å². The predicted octanol–water partition coefficient (Wildman–Crippen LogP) is 5.87. The number of likely N-dealkylation sites (N-methyl/N-ethyl adjacent to an activating group) is 1. The molecule has 0 bridgehead atoms. The summed E-state index contributed by atoms with van der Waals surface area (Å²) < 4.78 is 0. The molecule has 178 valence electrons. The summed E-state index contributed by atoms with van der Waals surface area (Å²) in [6, 6.07) is 7.11. The third-order valence-electron chi connectivity index (χ3n) is 7.31. The van der Waals surface area contributed by atoms with Crippen LogP contribution >= 0.6 is 0 Å². The predicted molar refractivity (Wildman–Crippen MR) is 143 cm³/mol. The van der Waals surface area contributed by atoms with E-state index in [4.69, 9.17) is 0 Å². The number of nitrogens with one attached hydrogen (secondary N) is 2. The van der Waals surface area contributed by atoms with Crippen LogP contribution in [0.1, 0.15) is 69.2 Å². The second kappa shape index (κ2) is 10.3. The third kappa shape index (κ3) is 5.44. The molecule has 0 radical (unpaired) electrons. The number of allylic oxidation sites excluding steroid dienone is 5. The van der Waals surface area contributed by atoms with Crippen molar-refractivity contribution in [3.8, 4) is 0 Å². The standard InChI is InChI=1S/C29H42N4/c1-20(2)17-25(18-22(5)33-15-13-32(6)14-16-33)29-28(21(3)4)26-19-24(7-8-27(26)31-29)23-9-11-30-12-10-23/h7-8,17-19,21,23,30-31H,1,9-16H2,2-6H3/b22-18+,25-17+. The molecular formula is C29H42N4. The molecule has 0 amide bonds. The van der Waals surface area contributed by atoms with E-state index in [1.54, 1.807) is 0 Å². The fourth-order valence-electron chi connectivity index (χ4n) is 5.39. The molecule has 0 spiro atoms. The number of nitrogens with zero attached hydrogens (tertiary/aromatic N) is 2. The van der Waals surface area contributed by atoms with Crippen molar-refractivity contribution >= 4 is 16.5 Å². The van der Waals surface area contributed by atoms with E-state index in [0.717, 1.165) is 44.8 Å². The molecule has 0 atom stereocenters. The lowest BCUT2D eigenvalue weighted by Crippen LogP contribution is -2.43. The second-order valence-electron chi connectivity index (χ2n) is 10.4. The van der Waals surface area contributed by atoms with Gasteiger partial charge in [-0.05, 0) is 88.0 Å². The highest BCUT2D eigenvalue weighted by atomic mass is 15.2. The molecule has 3 heterocycles. The van der Waals surface area contributed by atoms with Crippen molar-refractivity contribution < 1.29 is 0 Å². The van der Waals surface area contributed by atoms with Crippen LogP contribution in [0.3, 0.4) is 0 Å². The maximum atomic E-state index is 4.21. The zero-order valence-electron chi connectivity index (χ0n) is 21.3. The summed E-state index contributed by atoms with van der Waals surface area (Å²) in [5.41, 5.74) is 9.06. The van der Waals surface area contributed by atoms with Crippen molar-refractivity contribution in [1.29, 1.82) is 0 Å². The fraction of sp³-hybridized carbons (Fsp3) is 0.517. The van der Waals surface area contributed by atoms with Gasteiger partial charge >= 0.3 is 0 Å². The first-order valence-electron chi connectivity index (χ1n) is 12.7. The maximum Gasteiger partial charge on any atom is 0.0500 e. The minimum atomic E-state index is 0.433. The Labute approximate surface area is 200 Å². The Bertz CT molecular complexity index is 1040. The van der Waals surface area contributed by atoms with E-state index in [1.807, 2.05) is 0 Å². The lowest BCUT2D eigenvalue weighted by atomic mass is 9.88. The molecular weight excluding hydrogens is 404 g/mol. The lowest BCUT2D eigenvalue weighted by molar-refractivity contribution is 0.186. The van der Waals surface area contributed by atoms with E-state index >= 15 is 0 Å². The number of hydrogen-bond acceptors (Lipinski definition) is 3. The molecule has 0 aliphatic carbocycles. The van der Waals surface area contributed by atoms with E-state index < -0.39 is 0 Å². The van der Waals surface area contributed by atoms with Crippen LogP contribution in [0.25, 0.3) is 16.5 Å². The van der Waals surface area contributed by atoms with E-state index in [9.17, 15) is 0 Å². The highest BCUT2D eigenvalue weighted by Crippen LogP contribution is 2.37. The average Bonchev–Trinajstić information content (AvgIpc) is 3.18. The second-order valence-corrected chi connectivity index (χ2v) is 10.4. The summed E-state index contributed by atoms with van der Waals surface area (Å²) in [6.07, 6.45) is 7.06. The van der Waals surface area contributed by atoms with Crippen molar-refractivity contribution in [3.63, 3.8) is 0 Å². The van der Waals surface area contributed by atoms with Crippen LogP contribution in [-0.4, -0.2) is 61.1 Å². The highest BCUT2D eigenvalue weighted by Gasteiger charge is 2.21. The molecule has 33 heavy (non-hydrogen) atoms. The number of aromatic amines is 1. The molecule has 4 rings (SSSR count). The number of rotatable bonds is 6. The largest absolute Gasteiger partial charge is 0.372 e. The summed E-state index contributed by atoms with van der Waals surface area (Å²) in [5.74, 6) is 1.10. The molecule has 2 aromatic rings. The zero-order valence-corrected chi connectivity index (χ0v) is 21.3. The first kappa shape index (κ1) is 23.8. The molecule has 2 aliphatic rings. The minimum Gasteiger partial charge on any atom is -0.372 e. The van der Waals surface area contributed by atoms with Gasteiger partial charge in [0.25, 0.3) is 0 Å². The van der Waals surface area contributed by atoms with Crippen LogP contribution in [0, 0.1) is 0 Å². The van der Waals surface area contributed by atoms with Gasteiger partial charge in [0.15, 0.2) is 0 Å². The van der Waals surface area contributed by atoms with Crippen LogP contribution in [0.5, 0.6) is 0 Å². The van der Waals surface area contributed by atoms with Gasteiger partial charge in [-0.2, -0.15) is 0 Å². The van der Waals surface area contributed by atoms with Crippen LogP contribution in [0.15, 0.2) is 48.2 Å². The monoisotopic (exact) mass is 446 g/mol. The van der Waals surface area contributed by atoms with Crippen LogP contribution in [-0.2, 0) is 0 Å². The molecule has 1 aromatic heterocycles. The third-order valence-corrected chi connectivity index (χ3v) is 7.31. The number of piperidine rings is 1. The van der Waals surface area contributed by atoms with Gasteiger partial charge in [-0.1, -0.05) is 38.1 Å². The molecule has 2 aliphatic heterocycles. The van der Waals surface area contributed by atoms with E-state index in [0.29, 0.717) is 11.8 Å². The van der Waals surface area contributed by atoms with E-state index in [2.05, 4.69) is 91.8 Å². The zero-order chi connectivity index (χ0) is 23.5. The van der Waals surface area contributed by atoms with Crippen molar-refractivity contribution in [2.24, 2.45) is 0 Å². The Balaban J connectivity index is 1.76. The number of H-pyrrole nitrogens is 1. The molecule has 4 heteroatoms. The summed E-state index contributed by atoms with van der Waals surface area (Å²) in [5, 5.41) is 4.88. The van der Waals surface area contributed by atoms with Gasteiger partial charge in [0.2, 0.25) is 0 Å². The van der Waals surface area contributed by atoms with Crippen LogP contribution < -0.4 is 5.32 Å². The number of piperazine rings is 1. The number of benzene rings is 1. The first-order chi connectivity index (χ1) is 15.8. The van der Waals surface area contributed by atoms with Crippen molar-refractivity contribution in [2.75, 3.05) is 46.3 Å². The Morgan fingerprint density at radius 1 is 1.06 bits per heavy atom. The summed E-state index contributed by atoms with van der Waals surface area (Å²) in [4.78, 5) is 8.72. The first-order valence-corrected chi connectivity index (χ1v) is 12.7. The molecule has 0 unspecified atom stereocenters. The van der Waals surface area contributed by atoms with Crippen LogP contribution in [0.4, 0.5) is 0 Å². The normalized spacial score (nSPS) is 19.6. The van der Waals surface area contributed by atoms with Gasteiger partial charge in [0.1, 0.15) is 0 Å². The van der Waals surface area contributed by atoms with Gasteiger partial charge in [0.05, 0.1) is 5.69 Å². The quantitative estimate of drug-likeness (QED) is 0.545. The van der Waals surface area contributed by atoms with E-state index in [1.165, 1.54) is 51.8 Å². The Morgan fingerprint density at radius 3 is 2.39 bits per heavy atom. The Morgan fingerprint density at radius 2 is 1.76 bits per heavy atom. The highest BCUT2D eigenvalue weighted by molar-refractivity contribution is 5.92. The summed E-state index contributed by atoms with van der Waals surface area (Å²) in [6.45, 7) is 19.8. The number of fused-ring (bicyclic) bond motifs is 1. The lowest BCUT2D eigenvalue weighted by Gasteiger charge is -2.34. The summed E-state index contributed by atoms with van der Waals surface area (Å²) in [7, 11) is 2.21.